The molecule has 0 aliphatic heterocycles. The van der Waals surface area contributed by atoms with Gasteiger partial charge in [0.2, 0.25) is 5.89 Å². The van der Waals surface area contributed by atoms with Gasteiger partial charge in [-0.25, -0.2) is 9.37 Å². The maximum atomic E-state index is 12.9. The minimum Gasteiger partial charge on any atom is -0.439 e. The van der Waals surface area contributed by atoms with Crippen molar-refractivity contribution < 1.29 is 8.81 Å². The molecule has 3 rings (SSSR count). The second kappa shape index (κ2) is 3.87. The van der Waals surface area contributed by atoms with Crippen molar-refractivity contribution in [1.82, 2.24) is 10.3 Å². The molecule has 1 saturated carbocycles. The van der Waals surface area contributed by atoms with Crippen molar-refractivity contribution in [2.75, 3.05) is 6.54 Å². The van der Waals surface area contributed by atoms with Crippen molar-refractivity contribution in [2.45, 2.75) is 19.4 Å². The van der Waals surface area contributed by atoms with Gasteiger partial charge >= 0.3 is 0 Å². The number of halogens is 1. The Morgan fingerprint density at radius 3 is 3.12 bits per heavy atom. The maximum absolute atomic E-state index is 12.9. The molecule has 16 heavy (non-hydrogen) atoms. The highest BCUT2D eigenvalue weighted by molar-refractivity contribution is 5.72. The summed E-state index contributed by atoms with van der Waals surface area (Å²) in [7, 11) is 0. The number of hydrogen-bond acceptors (Lipinski definition) is 3. The molecule has 1 aromatic carbocycles. The van der Waals surface area contributed by atoms with Gasteiger partial charge in [-0.15, -0.1) is 0 Å². The van der Waals surface area contributed by atoms with Crippen molar-refractivity contribution in [3.63, 3.8) is 0 Å². The van der Waals surface area contributed by atoms with Crippen molar-refractivity contribution in [3.8, 4) is 0 Å². The lowest BCUT2D eigenvalue weighted by Gasteiger charge is -1.97. The Hall–Kier alpha value is -1.42. The first-order valence-corrected chi connectivity index (χ1v) is 5.57. The first-order chi connectivity index (χ1) is 7.81. The van der Waals surface area contributed by atoms with Crippen LogP contribution in [0.15, 0.2) is 22.6 Å². The fourth-order valence-corrected chi connectivity index (χ4v) is 1.73. The molecular weight excluding hydrogens is 207 g/mol. The Morgan fingerprint density at radius 1 is 1.44 bits per heavy atom. The summed E-state index contributed by atoms with van der Waals surface area (Å²) in [5.41, 5.74) is 1.23. The van der Waals surface area contributed by atoms with Gasteiger partial charge < -0.3 is 9.73 Å². The summed E-state index contributed by atoms with van der Waals surface area (Å²) in [6.07, 6.45) is 2.65. The zero-order valence-electron chi connectivity index (χ0n) is 8.87. The van der Waals surface area contributed by atoms with Crippen LogP contribution in [0.25, 0.3) is 11.1 Å². The molecule has 0 saturated heterocycles. The molecule has 1 aliphatic carbocycles. The highest BCUT2D eigenvalue weighted by atomic mass is 19.1. The molecule has 0 atom stereocenters. The zero-order valence-corrected chi connectivity index (χ0v) is 8.87. The number of oxazole rings is 1. The van der Waals surface area contributed by atoms with Gasteiger partial charge in [0, 0.05) is 6.07 Å². The van der Waals surface area contributed by atoms with Crippen LogP contribution in [0.5, 0.6) is 0 Å². The van der Waals surface area contributed by atoms with Crippen molar-refractivity contribution in [3.05, 3.63) is 29.9 Å². The Bertz CT molecular complexity index is 505. The third kappa shape index (κ3) is 2.07. The lowest BCUT2D eigenvalue weighted by molar-refractivity contribution is 0.489. The highest BCUT2D eigenvalue weighted by Crippen LogP contribution is 2.27. The summed E-state index contributed by atoms with van der Waals surface area (Å²) in [4.78, 5) is 4.22. The minimum absolute atomic E-state index is 0.279. The van der Waals surface area contributed by atoms with Gasteiger partial charge in [0.05, 0.1) is 6.54 Å². The van der Waals surface area contributed by atoms with Gasteiger partial charge in [-0.05, 0) is 37.4 Å². The van der Waals surface area contributed by atoms with Crippen molar-refractivity contribution >= 4 is 11.1 Å². The van der Waals surface area contributed by atoms with Crippen LogP contribution in [0.2, 0.25) is 0 Å². The average Bonchev–Trinajstić information content (AvgIpc) is 2.98. The lowest BCUT2D eigenvalue weighted by atomic mass is 10.3. The summed E-state index contributed by atoms with van der Waals surface area (Å²) in [6.45, 7) is 1.64. The smallest absolute Gasteiger partial charge is 0.209 e. The molecule has 4 heteroatoms. The molecule has 0 unspecified atom stereocenters. The number of nitrogens with one attached hydrogen (secondary N) is 1. The molecule has 1 aromatic heterocycles. The van der Waals surface area contributed by atoms with E-state index in [4.69, 9.17) is 4.42 Å². The van der Waals surface area contributed by atoms with E-state index in [1.54, 1.807) is 6.07 Å². The van der Waals surface area contributed by atoms with E-state index in [0.717, 1.165) is 12.5 Å². The van der Waals surface area contributed by atoms with E-state index in [2.05, 4.69) is 10.3 Å². The van der Waals surface area contributed by atoms with Gasteiger partial charge in [-0.3, -0.25) is 0 Å². The van der Waals surface area contributed by atoms with Crippen LogP contribution in [-0.4, -0.2) is 11.5 Å². The quantitative estimate of drug-likeness (QED) is 0.860. The summed E-state index contributed by atoms with van der Waals surface area (Å²) >= 11 is 0. The molecule has 3 nitrogen and oxygen atoms in total. The monoisotopic (exact) mass is 220 g/mol. The van der Waals surface area contributed by atoms with E-state index in [-0.39, 0.29) is 5.82 Å². The topological polar surface area (TPSA) is 38.1 Å². The lowest BCUT2D eigenvalue weighted by Crippen LogP contribution is -2.16. The summed E-state index contributed by atoms with van der Waals surface area (Å²) < 4.78 is 18.4. The summed E-state index contributed by atoms with van der Waals surface area (Å²) in [5.74, 6) is 1.18. The second-order valence-corrected chi connectivity index (χ2v) is 4.29. The van der Waals surface area contributed by atoms with E-state index in [0.29, 0.717) is 23.5 Å². The van der Waals surface area contributed by atoms with Crippen LogP contribution < -0.4 is 5.32 Å². The zero-order chi connectivity index (χ0) is 11.0. The molecule has 0 amide bonds. The van der Waals surface area contributed by atoms with E-state index < -0.39 is 0 Å². The molecule has 1 N–H and O–H groups in total. The van der Waals surface area contributed by atoms with Gasteiger partial charge in [0.25, 0.3) is 0 Å². The van der Waals surface area contributed by atoms with Crippen LogP contribution in [-0.2, 0) is 6.54 Å². The standard InChI is InChI=1S/C12H13FN2O/c13-9-3-4-11-10(5-9)15-12(16-11)7-14-6-8-1-2-8/h3-5,8,14H,1-2,6-7H2. The van der Waals surface area contributed by atoms with Crippen LogP contribution >= 0.6 is 0 Å². The first-order valence-electron chi connectivity index (χ1n) is 5.57. The fraction of sp³-hybridized carbons (Fsp3) is 0.417. The molecule has 1 fully saturated rings. The first kappa shape index (κ1) is 9.78. The number of rotatable bonds is 4. The van der Waals surface area contributed by atoms with Crippen molar-refractivity contribution in [1.29, 1.82) is 0 Å². The molecule has 84 valence electrons. The molecule has 0 spiro atoms. The van der Waals surface area contributed by atoms with Gasteiger partial charge in [0.1, 0.15) is 11.3 Å². The molecule has 0 bridgehead atoms. The predicted molar refractivity (Wildman–Crippen MR) is 58.4 cm³/mol. The third-order valence-electron chi connectivity index (χ3n) is 2.80. The third-order valence-corrected chi connectivity index (χ3v) is 2.80. The van der Waals surface area contributed by atoms with Gasteiger partial charge in [0.15, 0.2) is 5.58 Å². The molecule has 2 aromatic rings. The summed E-state index contributed by atoms with van der Waals surface area (Å²) in [5, 5.41) is 3.29. The van der Waals surface area contributed by atoms with Gasteiger partial charge in [-0.1, -0.05) is 0 Å². The van der Waals surface area contributed by atoms with Crippen molar-refractivity contribution in [2.24, 2.45) is 5.92 Å². The Labute approximate surface area is 92.7 Å². The largest absolute Gasteiger partial charge is 0.439 e. The second-order valence-electron chi connectivity index (χ2n) is 4.29. The average molecular weight is 220 g/mol. The predicted octanol–water partition coefficient (Wildman–Crippen LogP) is 2.47. The Kier molecular flexibility index (Phi) is 2.36. The number of aromatic nitrogens is 1. The van der Waals surface area contributed by atoms with Crippen LogP contribution in [0, 0.1) is 11.7 Å². The normalized spacial score (nSPS) is 15.8. The van der Waals surface area contributed by atoms with Crippen LogP contribution in [0.4, 0.5) is 4.39 Å². The summed E-state index contributed by atoms with van der Waals surface area (Å²) in [6, 6.07) is 4.39. The number of hydrogen-bond donors (Lipinski definition) is 1. The number of benzene rings is 1. The highest BCUT2D eigenvalue weighted by Gasteiger charge is 2.20. The molecule has 1 aliphatic rings. The Balaban J connectivity index is 1.71. The van der Waals surface area contributed by atoms with Gasteiger partial charge in [-0.2, -0.15) is 0 Å². The fourth-order valence-electron chi connectivity index (χ4n) is 1.73. The van der Waals surface area contributed by atoms with E-state index in [9.17, 15) is 4.39 Å². The van der Waals surface area contributed by atoms with E-state index in [1.165, 1.54) is 25.0 Å². The van der Waals surface area contributed by atoms with Crippen LogP contribution in [0.3, 0.4) is 0 Å². The molecule has 0 radical (unpaired) electrons. The maximum Gasteiger partial charge on any atom is 0.209 e. The Morgan fingerprint density at radius 2 is 2.31 bits per heavy atom. The molecule has 1 heterocycles. The van der Waals surface area contributed by atoms with E-state index >= 15 is 0 Å². The van der Waals surface area contributed by atoms with Crippen LogP contribution in [0.1, 0.15) is 18.7 Å². The SMILES string of the molecule is Fc1ccc2oc(CNCC3CC3)nc2c1. The number of nitrogens with zero attached hydrogens (tertiary/aromatic N) is 1. The molecular formula is C12H13FN2O. The number of fused-ring (bicyclic) bond motifs is 1. The minimum atomic E-state index is -0.279. The van der Waals surface area contributed by atoms with E-state index in [1.807, 2.05) is 0 Å².